The first-order valence-corrected chi connectivity index (χ1v) is 8.53. The zero-order valence-corrected chi connectivity index (χ0v) is 12.8. The standard InChI is InChI=1S/C16H21BrFN/c17-11-13-6-3-8-14(18)16(13)19-10-4-7-12-5-1-2-9-15(12)19/h3,6,8,12,15H,1-2,4-5,7,9-11H2. The summed E-state index contributed by atoms with van der Waals surface area (Å²) in [5, 5.41) is 0.730. The van der Waals surface area contributed by atoms with Crippen LogP contribution in [0.3, 0.4) is 0 Å². The summed E-state index contributed by atoms with van der Waals surface area (Å²) in [5.41, 5.74) is 1.95. The Bertz CT molecular complexity index is 446. The summed E-state index contributed by atoms with van der Waals surface area (Å²) in [6, 6.07) is 6.03. The number of anilines is 1. The van der Waals surface area contributed by atoms with E-state index in [4.69, 9.17) is 0 Å². The van der Waals surface area contributed by atoms with Crippen molar-refractivity contribution < 1.29 is 4.39 Å². The molecule has 2 aliphatic rings. The summed E-state index contributed by atoms with van der Waals surface area (Å²) in [6.07, 6.45) is 7.77. The van der Waals surface area contributed by atoms with Gasteiger partial charge >= 0.3 is 0 Å². The Labute approximate surface area is 123 Å². The number of hydrogen-bond donors (Lipinski definition) is 0. The number of piperidine rings is 1. The molecule has 1 heterocycles. The van der Waals surface area contributed by atoms with Crippen LogP contribution < -0.4 is 4.90 Å². The molecule has 1 aromatic carbocycles. The maximum absolute atomic E-state index is 14.3. The fourth-order valence-corrected chi connectivity index (χ4v) is 4.34. The Kier molecular flexibility index (Phi) is 4.11. The van der Waals surface area contributed by atoms with E-state index in [9.17, 15) is 4.39 Å². The van der Waals surface area contributed by atoms with Crippen LogP contribution in [0.15, 0.2) is 18.2 Å². The molecule has 1 saturated carbocycles. The third-order valence-electron chi connectivity index (χ3n) is 4.74. The van der Waals surface area contributed by atoms with Gasteiger partial charge in [0, 0.05) is 17.9 Å². The van der Waals surface area contributed by atoms with Crippen molar-refractivity contribution in [2.75, 3.05) is 11.4 Å². The minimum Gasteiger partial charge on any atom is -0.366 e. The fraction of sp³-hybridized carbons (Fsp3) is 0.625. The predicted octanol–water partition coefficient (Wildman–Crippen LogP) is 4.88. The van der Waals surface area contributed by atoms with Crippen LogP contribution >= 0.6 is 15.9 Å². The van der Waals surface area contributed by atoms with Gasteiger partial charge in [-0.3, -0.25) is 0 Å². The molecule has 3 heteroatoms. The van der Waals surface area contributed by atoms with Crippen molar-refractivity contribution in [1.29, 1.82) is 0 Å². The molecule has 2 atom stereocenters. The lowest BCUT2D eigenvalue weighted by Gasteiger charge is -2.46. The van der Waals surface area contributed by atoms with Crippen molar-refractivity contribution in [3.63, 3.8) is 0 Å². The van der Waals surface area contributed by atoms with Crippen LogP contribution in [0.5, 0.6) is 0 Å². The lowest BCUT2D eigenvalue weighted by molar-refractivity contribution is 0.242. The normalized spacial score (nSPS) is 27.2. The second-order valence-corrected chi connectivity index (χ2v) is 6.39. The van der Waals surface area contributed by atoms with Gasteiger partial charge in [-0.15, -0.1) is 0 Å². The largest absolute Gasteiger partial charge is 0.366 e. The Morgan fingerprint density at radius 3 is 2.79 bits per heavy atom. The molecule has 0 spiro atoms. The number of rotatable bonds is 2. The van der Waals surface area contributed by atoms with E-state index in [1.54, 1.807) is 6.07 Å². The van der Waals surface area contributed by atoms with Crippen molar-refractivity contribution in [3.8, 4) is 0 Å². The molecule has 1 nitrogen and oxygen atoms in total. The smallest absolute Gasteiger partial charge is 0.146 e. The summed E-state index contributed by atoms with van der Waals surface area (Å²) in [7, 11) is 0. The van der Waals surface area contributed by atoms with Crippen molar-refractivity contribution in [1.82, 2.24) is 0 Å². The molecule has 0 radical (unpaired) electrons. The monoisotopic (exact) mass is 325 g/mol. The SMILES string of the molecule is Fc1cccc(CBr)c1N1CCCC2CCCCC21. The maximum Gasteiger partial charge on any atom is 0.146 e. The van der Waals surface area contributed by atoms with E-state index in [1.165, 1.54) is 38.5 Å². The summed E-state index contributed by atoms with van der Waals surface area (Å²) >= 11 is 3.50. The Hall–Kier alpha value is -0.570. The van der Waals surface area contributed by atoms with Crippen molar-refractivity contribution in [2.45, 2.75) is 49.9 Å². The third-order valence-corrected chi connectivity index (χ3v) is 5.35. The Morgan fingerprint density at radius 2 is 1.95 bits per heavy atom. The third kappa shape index (κ3) is 2.54. The predicted molar refractivity (Wildman–Crippen MR) is 81.4 cm³/mol. The van der Waals surface area contributed by atoms with Crippen molar-refractivity contribution in [3.05, 3.63) is 29.6 Å². The van der Waals surface area contributed by atoms with Crippen molar-refractivity contribution in [2.24, 2.45) is 5.92 Å². The summed E-state index contributed by atoms with van der Waals surface area (Å²) in [5.74, 6) is 0.730. The van der Waals surface area contributed by atoms with Crippen LogP contribution in [0, 0.1) is 11.7 Å². The summed E-state index contributed by atoms with van der Waals surface area (Å²) < 4.78 is 14.3. The van der Waals surface area contributed by atoms with Gasteiger partial charge in [0.1, 0.15) is 5.82 Å². The molecule has 1 aliphatic heterocycles. The van der Waals surface area contributed by atoms with Gasteiger partial charge < -0.3 is 4.90 Å². The van der Waals surface area contributed by atoms with Gasteiger partial charge in [-0.25, -0.2) is 4.39 Å². The average Bonchev–Trinajstić information content (AvgIpc) is 2.46. The van der Waals surface area contributed by atoms with E-state index < -0.39 is 0 Å². The van der Waals surface area contributed by atoms with Crippen LogP contribution in [0.1, 0.15) is 44.1 Å². The van der Waals surface area contributed by atoms with E-state index in [2.05, 4.69) is 20.8 Å². The number of alkyl halides is 1. The molecular weight excluding hydrogens is 305 g/mol. The molecule has 0 N–H and O–H groups in total. The Morgan fingerprint density at radius 1 is 1.16 bits per heavy atom. The number of para-hydroxylation sites is 1. The lowest BCUT2D eigenvalue weighted by atomic mass is 9.78. The van der Waals surface area contributed by atoms with Crippen LogP contribution in [0.2, 0.25) is 0 Å². The van der Waals surface area contributed by atoms with Gasteiger partial charge in [-0.2, -0.15) is 0 Å². The van der Waals surface area contributed by atoms with Gasteiger partial charge in [0.25, 0.3) is 0 Å². The van der Waals surface area contributed by atoms with Crippen LogP contribution in [0.25, 0.3) is 0 Å². The molecule has 0 amide bonds. The van der Waals surface area contributed by atoms with Gasteiger partial charge in [0.2, 0.25) is 0 Å². The molecule has 2 fully saturated rings. The average molecular weight is 326 g/mol. The van der Waals surface area contributed by atoms with Gasteiger partial charge in [-0.05, 0) is 43.2 Å². The molecule has 19 heavy (non-hydrogen) atoms. The molecule has 104 valence electrons. The topological polar surface area (TPSA) is 3.24 Å². The highest BCUT2D eigenvalue weighted by Crippen LogP contribution is 2.40. The molecule has 1 aromatic rings. The van der Waals surface area contributed by atoms with E-state index in [0.29, 0.717) is 6.04 Å². The van der Waals surface area contributed by atoms with Crippen LogP contribution in [0.4, 0.5) is 10.1 Å². The molecule has 1 aliphatic carbocycles. The second kappa shape index (κ2) is 5.82. The molecule has 1 saturated heterocycles. The molecule has 2 unspecified atom stereocenters. The minimum atomic E-state index is -0.0526. The van der Waals surface area contributed by atoms with E-state index in [-0.39, 0.29) is 5.82 Å². The molecule has 0 bridgehead atoms. The van der Waals surface area contributed by atoms with Crippen LogP contribution in [-0.4, -0.2) is 12.6 Å². The Balaban J connectivity index is 1.96. The lowest BCUT2D eigenvalue weighted by Crippen LogP contribution is -2.47. The van der Waals surface area contributed by atoms with Gasteiger partial charge in [-0.1, -0.05) is 40.9 Å². The number of halogens is 2. The first kappa shape index (κ1) is 13.4. The fourth-order valence-electron chi connectivity index (χ4n) is 3.89. The van der Waals surface area contributed by atoms with E-state index >= 15 is 0 Å². The van der Waals surface area contributed by atoms with Crippen LogP contribution in [-0.2, 0) is 5.33 Å². The minimum absolute atomic E-state index is 0.0526. The summed E-state index contributed by atoms with van der Waals surface area (Å²) in [4.78, 5) is 2.37. The van der Waals surface area contributed by atoms with Crippen molar-refractivity contribution >= 4 is 21.6 Å². The zero-order chi connectivity index (χ0) is 13.2. The highest BCUT2D eigenvalue weighted by atomic mass is 79.9. The van der Waals surface area contributed by atoms with Gasteiger partial charge in [0.05, 0.1) is 5.69 Å². The number of nitrogens with zero attached hydrogens (tertiary/aromatic N) is 1. The molecular formula is C16H21BrFN. The number of hydrogen-bond acceptors (Lipinski definition) is 1. The van der Waals surface area contributed by atoms with E-state index in [0.717, 1.165) is 29.0 Å². The number of benzene rings is 1. The quantitative estimate of drug-likeness (QED) is 0.700. The zero-order valence-electron chi connectivity index (χ0n) is 11.2. The number of fused-ring (bicyclic) bond motifs is 1. The maximum atomic E-state index is 14.3. The first-order chi connectivity index (χ1) is 9.31. The first-order valence-electron chi connectivity index (χ1n) is 7.41. The summed E-state index contributed by atoms with van der Waals surface area (Å²) in [6.45, 7) is 1.02. The highest BCUT2D eigenvalue weighted by molar-refractivity contribution is 9.08. The van der Waals surface area contributed by atoms with Gasteiger partial charge in [0.15, 0.2) is 0 Å². The highest BCUT2D eigenvalue weighted by Gasteiger charge is 2.34. The van der Waals surface area contributed by atoms with E-state index in [1.807, 2.05) is 12.1 Å². The molecule has 3 rings (SSSR count). The molecule has 0 aromatic heterocycles. The second-order valence-electron chi connectivity index (χ2n) is 5.83.